The summed E-state index contributed by atoms with van der Waals surface area (Å²) in [5.74, 6) is -1.47. The van der Waals surface area contributed by atoms with E-state index in [4.69, 9.17) is 33.7 Å². The van der Waals surface area contributed by atoms with Gasteiger partial charge in [0.15, 0.2) is 6.10 Å². The van der Waals surface area contributed by atoms with Crippen molar-refractivity contribution in [1.29, 1.82) is 0 Å². The minimum atomic E-state index is -1.01. The fraction of sp³-hybridized carbons (Fsp3) is 0.222. The largest absolute Gasteiger partial charge is 0.449 e. The number of nitrogens with zero attached hydrogens (tertiary/aromatic N) is 1. The van der Waals surface area contributed by atoms with Crippen molar-refractivity contribution < 1.29 is 14.3 Å². The number of hydrogen-bond donors (Lipinski definition) is 1. The first-order valence-corrected chi connectivity index (χ1v) is 4.98. The highest BCUT2D eigenvalue weighted by atomic mass is 35.5. The van der Waals surface area contributed by atoms with Crippen LogP contribution in [0.5, 0.6) is 0 Å². The molecule has 0 saturated heterocycles. The molecule has 0 aliphatic carbocycles. The molecule has 5 nitrogen and oxygen atoms in total. The topological polar surface area (TPSA) is 82.3 Å². The summed E-state index contributed by atoms with van der Waals surface area (Å²) < 4.78 is 4.74. The predicted molar refractivity (Wildman–Crippen MR) is 58.3 cm³/mol. The van der Waals surface area contributed by atoms with Gasteiger partial charge < -0.3 is 10.5 Å². The average molecular weight is 263 g/mol. The number of primary amides is 1. The van der Waals surface area contributed by atoms with Gasteiger partial charge in [0.05, 0.1) is 10.6 Å². The Kier molecular flexibility index (Phi) is 4.09. The molecule has 1 heterocycles. The molecule has 1 amide bonds. The van der Waals surface area contributed by atoms with Gasteiger partial charge in [0.25, 0.3) is 5.91 Å². The van der Waals surface area contributed by atoms with Crippen LogP contribution in [0, 0.1) is 0 Å². The summed E-state index contributed by atoms with van der Waals surface area (Å²) in [5, 5.41) is 0.212. The van der Waals surface area contributed by atoms with Crippen molar-refractivity contribution in [2.45, 2.75) is 13.0 Å². The zero-order valence-electron chi connectivity index (χ0n) is 8.24. The number of carbonyl (C=O) groups excluding carboxylic acids is 2. The second-order valence-electron chi connectivity index (χ2n) is 2.95. The highest BCUT2D eigenvalue weighted by Crippen LogP contribution is 2.20. The van der Waals surface area contributed by atoms with E-state index >= 15 is 0 Å². The Morgan fingerprint density at radius 3 is 2.62 bits per heavy atom. The molecule has 0 spiro atoms. The summed E-state index contributed by atoms with van der Waals surface area (Å²) >= 11 is 11.2. The Morgan fingerprint density at radius 1 is 1.50 bits per heavy atom. The number of amides is 1. The lowest BCUT2D eigenvalue weighted by Crippen LogP contribution is -2.30. The molecule has 16 heavy (non-hydrogen) atoms. The maximum absolute atomic E-state index is 11.5. The van der Waals surface area contributed by atoms with E-state index in [-0.39, 0.29) is 15.7 Å². The van der Waals surface area contributed by atoms with Gasteiger partial charge in [-0.05, 0) is 13.0 Å². The van der Waals surface area contributed by atoms with Crippen molar-refractivity contribution in [1.82, 2.24) is 4.98 Å². The summed E-state index contributed by atoms with van der Waals surface area (Å²) in [6, 6.07) is 1.30. The Hall–Kier alpha value is -1.33. The van der Waals surface area contributed by atoms with Gasteiger partial charge in [0.2, 0.25) is 0 Å². The lowest BCUT2D eigenvalue weighted by molar-refractivity contribution is -0.125. The lowest BCUT2D eigenvalue weighted by atomic mass is 10.3. The first kappa shape index (κ1) is 12.7. The molecule has 1 rings (SSSR count). The molecule has 2 N–H and O–H groups in total. The molecule has 0 aromatic carbocycles. The summed E-state index contributed by atoms with van der Waals surface area (Å²) in [5.41, 5.74) is 5.04. The number of pyridine rings is 1. The third kappa shape index (κ3) is 3.08. The van der Waals surface area contributed by atoms with Crippen molar-refractivity contribution in [3.63, 3.8) is 0 Å². The monoisotopic (exact) mass is 262 g/mol. The number of halogens is 2. The van der Waals surface area contributed by atoms with Gasteiger partial charge in [0.1, 0.15) is 5.15 Å². The fourth-order valence-corrected chi connectivity index (χ4v) is 1.09. The van der Waals surface area contributed by atoms with Gasteiger partial charge in [-0.1, -0.05) is 23.2 Å². The van der Waals surface area contributed by atoms with Crippen molar-refractivity contribution in [2.75, 3.05) is 0 Å². The van der Waals surface area contributed by atoms with Gasteiger partial charge in [-0.3, -0.25) is 4.79 Å². The van der Waals surface area contributed by atoms with E-state index in [0.717, 1.165) is 0 Å². The van der Waals surface area contributed by atoms with Crippen LogP contribution in [0.25, 0.3) is 0 Å². The van der Waals surface area contributed by atoms with Crippen LogP contribution >= 0.6 is 23.2 Å². The second-order valence-corrected chi connectivity index (χ2v) is 3.71. The maximum atomic E-state index is 11.5. The Morgan fingerprint density at radius 2 is 2.12 bits per heavy atom. The van der Waals surface area contributed by atoms with Crippen molar-refractivity contribution >= 4 is 35.1 Å². The second kappa shape index (κ2) is 5.14. The molecule has 0 unspecified atom stereocenters. The SMILES string of the molecule is C[C@@H](OC(=O)c1cnc(Cl)c(Cl)c1)C(N)=O. The third-order valence-corrected chi connectivity index (χ3v) is 2.40. The number of carbonyl (C=O) groups is 2. The molecule has 1 aromatic rings. The van der Waals surface area contributed by atoms with Crippen LogP contribution in [0.15, 0.2) is 12.3 Å². The maximum Gasteiger partial charge on any atom is 0.340 e. The van der Waals surface area contributed by atoms with Crippen LogP contribution in [-0.4, -0.2) is 23.0 Å². The van der Waals surface area contributed by atoms with E-state index < -0.39 is 18.0 Å². The molecule has 0 bridgehead atoms. The predicted octanol–water partition coefficient (Wildman–Crippen LogP) is 1.42. The van der Waals surface area contributed by atoms with Crippen molar-refractivity contribution in [3.05, 3.63) is 28.0 Å². The Bertz CT molecular complexity index is 437. The zero-order chi connectivity index (χ0) is 12.3. The molecule has 0 aliphatic heterocycles. The van der Waals surface area contributed by atoms with Crippen molar-refractivity contribution in [2.24, 2.45) is 5.73 Å². The van der Waals surface area contributed by atoms with Crippen LogP contribution in [0.1, 0.15) is 17.3 Å². The van der Waals surface area contributed by atoms with Gasteiger partial charge >= 0.3 is 5.97 Å². The van der Waals surface area contributed by atoms with Crippen LogP contribution < -0.4 is 5.73 Å². The van der Waals surface area contributed by atoms with Gasteiger partial charge in [-0.15, -0.1) is 0 Å². The van der Waals surface area contributed by atoms with E-state index in [0.29, 0.717) is 0 Å². The van der Waals surface area contributed by atoms with E-state index in [1.54, 1.807) is 0 Å². The van der Waals surface area contributed by atoms with E-state index in [9.17, 15) is 9.59 Å². The summed E-state index contributed by atoms with van der Waals surface area (Å²) in [6.07, 6.45) is 0.187. The van der Waals surface area contributed by atoms with Gasteiger partial charge in [-0.2, -0.15) is 0 Å². The number of aromatic nitrogens is 1. The highest BCUT2D eigenvalue weighted by Gasteiger charge is 2.17. The molecule has 86 valence electrons. The summed E-state index contributed by atoms with van der Waals surface area (Å²) in [4.78, 5) is 25.8. The smallest absolute Gasteiger partial charge is 0.340 e. The Balaban J connectivity index is 2.81. The zero-order valence-corrected chi connectivity index (χ0v) is 9.75. The number of esters is 1. The van der Waals surface area contributed by atoms with Gasteiger partial charge in [0, 0.05) is 6.20 Å². The third-order valence-electron chi connectivity index (χ3n) is 1.72. The number of ether oxygens (including phenoxy) is 1. The normalized spacial score (nSPS) is 11.9. The molecule has 0 fully saturated rings. The standard InChI is InChI=1S/C9H8Cl2N2O3/c1-4(8(12)14)16-9(15)5-2-6(10)7(11)13-3-5/h2-4H,1H3,(H2,12,14)/t4-/m1/s1. The van der Waals surface area contributed by atoms with Crippen LogP contribution in [0.4, 0.5) is 0 Å². The lowest BCUT2D eigenvalue weighted by Gasteiger charge is -2.09. The van der Waals surface area contributed by atoms with Crippen LogP contribution in [-0.2, 0) is 9.53 Å². The van der Waals surface area contributed by atoms with Crippen LogP contribution in [0.2, 0.25) is 10.2 Å². The molecule has 0 aliphatic rings. The number of nitrogens with two attached hydrogens (primary N) is 1. The van der Waals surface area contributed by atoms with E-state index in [2.05, 4.69) is 4.98 Å². The minimum Gasteiger partial charge on any atom is -0.449 e. The highest BCUT2D eigenvalue weighted by molar-refractivity contribution is 6.41. The van der Waals surface area contributed by atoms with E-state index in [1.807, 2.05) is 0 Å². The molecule has 0 saturated carbocycles. The number of hydrogen-bond acceptors (Lipinski definition) is 4. The molecule has 1 aromatic heterocycles. The molecule has 0 radical (unpaired) electrons. The van der Waals surface area contributed by atoms with Crippen LogP contribution in [0.3, 0.4) is 0 Å². The minimum absolute atomic E-state index is 0.0844. The summed E-state index contributed by atoms with van der Waals surface area (Å²) in [7, 11) is 0. The molecule has 7 heteroatoms. The number of rotatable bonds is 3. The Labute approximate surface area is 101 Å². The van der Waals surface area contributed by atoms with E-state index in [1.165, 1.54) is 19.2 Å². The summed E-state index contributed by atoms with van der Waals surface area (Å²) in [6.45, 7) is 1.37. The fourth-order valence-electron chi connectivity index (χ4n) is 0.820. The van der Waals surface area contributed by atoms with Crippen molar-refractivity contribution in [3.8, 4) is 0 Å². The quantitative estimate of drug-likeness (QED) is 0.660. The average Bonchev–Trinajstić information content (AvgIpc) is 2.21. The molecular weight excluding hydrogens is 255 g/mol. The molecular formula is C9H8Cl2N2O3. The molecule has 1 atom stereocenters. The first-order chi connectivity index (χ1) is 7.41. The van der Waals surface area contributed by atoms with Gasteiger partial charge in [-0.25, -0.2) is 9.78 Å². The first-order valence-electron chi connectivity index (χ1n) is 4.23.